The monoisotopic (exact) mass is 244 g/mol. The van der Waals surface area contributed by atoms with Gasteiger partial charge in [-0.15, -0.1) is 0 Å². The number of nitrogens with zero attached hydrogens (tertiary/aromatic N) is 2. The summed E-state index contributed by atoms with van der Waals surface area (Å²) in [5, 5.41) is 0. The van der Waals surface area contributed by atoms with Crippen molar-refractivity contribution in [3.8, 4) is 11.5 Å². The number of rotatable bonds is 4. The summed E-state index contributed by atoms with van der Waals surface area (Å²) >= 11 is 0. The maximum Gasteiger partial charge on any atom is 0.215 e. The van der Waals surface area contributed by atoms with Crippen LogP contribution in [0.3, 0.4) is 0 Å². The van der Waals surface area contributed by atoms with Crippen molar-refractivity contribution in [2.24, 2.45) is 0 Å². The predicted molar refractivity (Wildman–Crippen MR) is 65.0 cm³/mol. The number of benzene rings is 1. The lowest BCUT2D eigenvalue weighted by molar-refractivity contribution is 0.103. The lowest BCUT2D eigenvalue weighted by Gasteiger charge is -2.09. The Morgan fingerprint density at radius 1 is 1.17 bits per heavy atom. The molecule has 18 heavy (non-hydrogen) atoms. The summed E-state index contributed by atoms with van der Waals surface area (Å²) < 4.78 is 10.3. The number of carbonyl (C=O) groups is 1. The number of methoxy groups -OCH3 is 2. The number of ketones is 1. The van der Waals surface area contributed by atoms with Gasteiger partial charge in [-0.1, -0.05) is 0 Å². The lowest BCUT2D eigenvalue weighted by atomic mass is 10.1. The van der Waals surface area contributed by atoms with Gasteiger partial charge in [0.05, 0.1) is 19.8 Å². The molecule has 0 unspecified atom stereocenters. The molecule has 2 aromatic rings. The van der Waals surface area contributed by atoms with Crippen LogP contribution in [-0.2, 0) is 0 Å². The average Bonchev–Trinajstić information content (AvgIpc) is 2.46. The minimum atomic E-state index is -0.211. The molecule has 0 saturated heterocycles. The first-order valence-electron chi connectivity index (χ1n) is 5.29. The van der Waals surface area contributed by atoms with Gasteiger partial charge in [0, 0.05) is 12.3 Å². The van der Waals surface area contributed by atoms with Crippen LogP contribution in [0.5, 0.6) is 11.5 Å². The molecule has 0 saturated carbocycles. The Labute approximate surface area is 104 Å². The molecular weight excluding hydrogens is 232 g/mol. The Morgan fingerprint density at radius 3 is 2.61 bits per heavy atom. The molecule has 92 valence electrons. The Hall–Kier alpha value is -2.43. The third kappa shape index (κ3) is 2.29. The number of aromatic nitrogens is 2. The second-order valence-corrected chi connectivity index (χ2v) is 3.49. The molecule has 5 heteroatoms. The minimum Gasteiger partial charge on any atom is -0.497 e. The quantitative estimate of drug-likeness (QED) is 0.766. The second kappa shape index (κ2) is 5.27. The van der Waals surface area contributed by atoms with E-state index in [1.54, 1.807) is 31.4 Å². The van der Waals surface area contributed by atoms with Gasteiger partial charge < -0.3 is 9.47 Å². The van der Waals surface area contributed by atoms with E-state index in [2.05, 4.69) is 9.97 Å². The minimum absolute atomic E-state index is 0.211. The van der Waals surface area contributed by atoms with Crippen LogP contribution in [0.1, 0.15) is 16.1 Å². The lowest BCUT2D eigenvalue weighted by Crippen LogP contribution is -2.06. The molecule has 2 rings (SSSR count). The Kier molecular flexibility index (Phi) is 3.52. The highest BCUT2D eigenvalue weighted by atomic mass is 16.5. The first kappa shape index (κ1) is 12.0. The summed E-state index contributed by atoms with van der Waals surface area (Å²) in [6.07, 6.45) is 2.86. The molecule has 1 aromatic heterocycles. The van der Waals surface area contributed by atoms with Crippen molar-refractivity contribution in [3.05, 3.63) is 48.0 Å². The van der Waals surface area contributed by atoms with Gasteiger partial charge in [0.1, 0.15) is 23.5 Å². The van der Waals surface area contributed by atoms with Crippen LogP contribution in [0.15, 0.2) is 36.8 Å². The van der Waals surface area contributed by atoms with Gasteiger partial charge in [0.2, 0.25) is 5.78 Å². The highest BCUT2D eigenvalue weighted by Crippen LogP contribution is 2.26. The first-order valence-corrected chi connectivity index (χ1v) is 5.29. The van der Waals surface area contributed by atoms with Crippen LogP contribution in [0.2, 0.25) is 0 Å². The van der Waals surface area contributed by atoms with E-state index in [1.807, 2.05) is 0 Å². The van der Waals surface area contributed by atoms with Gasteiger partial charge >= 0.3 is 0 Å². The standard InChI is InChI=1S/C13H12N2O3/c1-17-9-3-4-10(12(7-9)18-2)13(16)11-5-6-14-8-15-11/h3-8H,1-2H3. The van der Waals surface area contributed by atoms with E-state index < -0.39 is 0 Å². The zero-order valence-corrected chi connectivity index (χ0v) is 10.1. The molecule has 1 aromatic carbocycles. The SMILES string of the molecule is COc1ccc(C(=O)c2ccncn2)c(OC)c1. The zero-order valence-electron chi connectivity index (χ0n) is 10.1. The molecule has 0 N–H and O–H groups in total. The van der Waals surface area contributed by atoms with Crippen LogP contribution in [0.25, 0.3) is 0 Å². The molecule has 1 heterocycles. The fraction of sp³-hybridized carbons (Fsp3) is 0.154. The smallest absolute Gasteiger partial charge is 0.215 e. The maximum absolute atomic E-state index is 12.2. The molecule has 0 radical (unpaired) electrons. The van der Waals surface area contributed by atoms with Gasteiger partial charge in [-0.25, -0.2) is 9.97 Å². The topological polar surface area (TPSA) is 61.3 Å². The first-order chi connectivity index (χ1) is 8.76. The van der Waals surface area contributed by atoms with Crippen LogP contribution < -0.4 is 9.47 Å². The highest BCUT2D eigenvalue weighted by Gasteiger charge is 2.16. The molecule has 0 atom stereocenters. The van der Waals surface area contributed by atoms with Gasteiger partial charge in [-0.3, -0.25) is 4.79 Å². The zero-order chi connectivity index (χ0) is 13.0. The summed E-state index contributed by atoms with van der Waals surface area (Å²) in [5.41, 5.74) is 0.769. The van der Waals surface area contributed by atoms with Crippen LogP contribution in [0, 0.1) is 0 Å². The van der Waals surface area contributed by atoms with Gasteiger partial charge in [0.25, 0.3) is 0 Å². The maximum atomic E-state index is 12.2. The number of ether oxygens (including phenoxy) is 2. The van der Waals surface area contributed by atoms with Crippen molar-refractivity contribution in [2.45, 2.75) is 0 Å². The van der Waals surface area contributed by atoms with Crippen molar-refractivity contribution in [1.82, 2.24) is 9.97 Å². The van der Waals surface area contributed by atoms with E-state index in [9.17, 15) is 4.79 Å². The highest BCUT2D eigenvalue weighted by molar-refractivity contribution is 6.09. The van der Waals surface area contributed by atoms with Gasteiger partial charge in [0.15, 0.2) is 0 Å². The predicted octanol–water partition coefficient (Wildman–Crippen LogP) is 1.72. The Bertz CT molecular complexity index is 555. The van der Waals surface area contributed by atoms with Crippen molar-refractivity contribution in [3.63, 3.8) is 0 Å². The van der Waals surface area contributed by atoms with E-state index in [4.69, 9.17) is 9.47 Å². The van der Waals surface area contributed by atoms with Crippen molar-refractivity contribution in [1.29, 1.82) is 0 Å². The van der Waals surface area contributed by atoms with Gasteiger partial charge in [-0.05, 0) is 18.2 Å². The summed E-state index contributed by atoms with van der Waals surface area (Å²) in [4.78, 5) is 19.9. The second-order valence-electron chi connectivity index (χ2n) is 3.49. The third-order valence-corrected chi connectivity index (χ3v) is 2.47. The normalized spacial score (nSPS) is 9.89. The molecule has 0 aliphatic carbocycles. The molecule has 0 aliphatic heterocycles. The van der Waals surface area contributed by atoms with E-state index in [0.717, 1.165) is 0 Å². The van der Waals surface area contributed by atoms with Crippen LogP contribution in [0.4, 0.5) is 0 Å². The average molecular weight is 244 g/mol. The molecule has 5 nitrogen and oxygen atoms in total. The van der Waals surface area contributed by atoms with Crippen LogP contribution >= 0.6 is 0 Å². The summed E-state index contributed by atoms with van der Waals surface area (Å²) in [7, 11) is 3.06. The fourth-order valence-corrected chi connectivity index (χ4v) is 1.55. The van der Waals surface area contributed by atoms with E-state index in [1.165, 1.54) is 19.6 Å². The van der Waals surface area contributed by atoms with E-state index in [-0.39, 0.29) is 5.78 Å². The molecule has 0 aliphatic rings. The summed E-state index contributed by atoms with van der Waals surface area (Å²) in [6, 6.07) is 6.58. The van der Waals surface area contributed by atoms with E-state index in [0.29, 0.717) is 22.8 Å². The molecule has 0 bridgehead atoms. The molecule has 0 fully saturated rings. The largest absolute Gasteiger partial charge is 0.497 e. The number of carbonyl (C=O) groups excluding carboxylic acids is 1. The summed E-state index contributed by atoms with van der Waals surface area (Å²) in [6.45, 7) is 0. The third-order valence-electron chi connectivity index (χ3n) is 2.47. The van der Waals surface area contributed by atoms with E-state index >= 15 is 0 Å². The Morgan fingerprint density at radius 2 is 2.00 bits per heavy atom. The fourth-order valence-electron chi connectivity index (χ4n) is 1.55. The Balaban J connectivity index is 2.42. The number of hydrogen-bond donors (Lipinski definition) is 0. The molecule has 0 spiro atoms. The molecular formula is C13H12N2O3. The molecule has 0 amide bonds. The van der Waals surface area contributed by atoms with Crippen molar-refractivity contribution < 1.29 is 14.3 Å². The van der Waals surface area contributed by atoms with Gasteiger partial charge in [-0.2, -0.15) is 0 Å². The van der Waals surface area contributed by atoms with Crippen molar-refractivity contribution in [2.75, 3.05) is 14.2 Å². The van der Waals surface area contributed by atoms with Crippen LogP contribution in [-0.4, -0.2) is 30.0 Å². The summed E-state index contributed by atoms with van der Waals surface area (Å²) in [5.74, 6) is 0.876. The number of hydrogen-bond acceptors (Lipinski definition) is 5. The van der Waals surface area contributed by atoms with Crippen molar-refractivity contribution >= 4 is 5.78 Å².